The molecule has 1 atom stereocenters. The van der Waals surface area contributed by atoms with Gasteiger partial charge in [0.05, 0.1) is 6.26 Å². The summed E-state index contributed by atoms with van der Waals surface area (Å²) in [5.74, 6) is 1.46. The lowest BCUT2D eigenvalue weighted by molar-refractivity contribution is 0.459. The number of rotatable bonds is 4. The van der Waals surface area contributed by atoms with Gasteiger partial charge in [-0.25, -0.2) is 17.7 Å². The van der Waals surface area contributed by atoms with Crippen LogP contribution < -0.4 is 4.90 Å². The number of sulfonamides is 1. The van der Waals surface area contributed by atoms with E-state index in [0.29, 0.717) is 19.0 Å². The SMILES string of the molecule is CS(=O)(=O)N1CCC(Cc2cccc(N3CCCC3)n2)C1. The molecule has 116 valence electrons. The highest BCUT2D eigenvalue weighted by Gasteiger charge is 2.28. The molecule has 3 rings (SSSR count). The second-order valence-electron chi connectivity index (χ2n) is 6.16. The van der Waals surface area contributed by atoms with E-state index in [9.17, 15) is 8.42 Å². The lowest BCUT2D eigenvalue weighted by atomic mass is 10.0. The summed E-state index contributed by atoms with van der Waals surface area (Å²) in [6.07, 6.45) is 5.59. The van der Waals surface area contributed by atoms with Crippen LogP contribution in [0.1, 0.15) is 25.0 Å². The third-order valence-electron chi connectivity index (χ3n) is 4.44. The zero-order chi connectivity index (χ0) is 14.9. The molecule has 3 heterocycles. The summed E-state index contributed by atoms with van der Waals surface area (Å²) in [5.41, 5.74) is 1.08. The van der Waals surface area contributed by atoms with Crippen molar-refractivity contribution in [1.82, 2.24) is 9.29 Å². The molecule has 0 spiro atoms. The molecule has 5 nitrogen and oxygen atoms in total. The van der Waals surface area contributed by atoms with Gasteiger partial charge in [0.2, 0.25) is 10.0 Å². The van der Waals surface area contributed by atoms with Crippen LogP contribution in [0.3, 0.4) is 0 Å². The lowest BCUT2D eigenvalue weighted by Gasteiger charge is -2.18. The Morgan fingerprint density at radius 1 is 1.24 bits per heavy atom. The summed E-state index contributed by atoms with van der Waals surface area (Å²) >= 11 is 0. The first kappa shape index (κ1) is 14.8. The van der Waals surface area contributed by atoms with Gasteiger partial charge in [0.25, 0.3) is 0 Å². The van der Waals surface area contributed by atoms with Crippen molar-refractivity contribution in [3.05, 3.63) is 23.9 Å². The number of hydrogen-bond acceptors (Lipinski definition) is 4. The van der Waals surface area contributed by atoms with Crippen molar-refractivity contribution in [1.29, 1.82) is 0 Å². The molecular formula is C15H23N3O2S. The molecule has 1 aromatic rings. The molecule has 0 amide bonds. The van der Waals surface area contributed by atoms with Gasteiger partial charge in [0.1, 0.15) is 5.82 Å². The molecule has 21 heavy (non-hydrogen) atoms. The molecule has 1 aromatic heterocycles. The number of nitrogens with zero attached hydrogens (tertiary/aromatic N) is 3. The fraction of sp³-hybridized carbons (Fsp3) is 0.667. The molecule has 1 unspecified atom stereocenters. The summed E-state index contributed by atoms with van der Waals surface area (Å²) in [4.78, 5) is 7.10. The molecule has 2 aliphatic rings. The fourth-order valence-corrected chi connectivity index (χ4v) is 4.18. The smallest absolute Gasteiger partial charge is 0.211 e. The average Bonchev–Trinajstić information content (AvgIpc) is 3.09. The Balaban J connectivity index is 1.64. The van der Waals surface area contributed by atoms with Gasteiger partial charge in [-0.1, -0.05) is 6.07 Å². The molecule has 0 radical (unpaired) electrons. The quantitative estimate of drug-likeness (QED) is 0.846. The fourth-order valence-electron chi connectivity index (χ4n) is 3.26. The summed E-state index contributed by atoms with van der Waals surface area (Å²) in [6, 6.07) is 6.20. The van der Waals surface area contributed by atoms with Crippen molar-refractivity contribution in [3.63, 3.8) is 0 Å². The maximum Gasteiger partial charge on any atom is 0.211 e. The van der Waals surface area contributed by atoms with Crippen LogP contribution in [0.25, 0.3) is 0 Å². The Labute approximate surface area is 127 Å². The highest BCUT2D eigenvalue weighted by molar-refractivity contribution is 7.88. The molecule has 0 aliphatic carbocycles. The Morgan fingerprint density at radius 3 is 2.67 bits per heavy atom. The van der Waals surface area contributed by atoms with Crippen LogP contribution in [0.15, 0.2) is 18.2 Å². The van der Waals surface area contributed by atoms with Gasteiger partial charge in [-0.15, -0.1) is 0 Å². The van der Waals surface area contributed by atoms with Gasteiger partial charge < -0.3 is 4.90 Å². The zero-order valence-electron chi connectivity index (χ0n) is 12.5. The summed E-state index contributed by atoms with van der Waals surface area (Å²) in [5, 5.41) is 0. The van der Waals surface area contributed by atoms with E-state index in [2.05, 4.69) is 23.1 Å². The van der Waals surface area contributed by atoms with E-state index >= 15 is 0 Å². The van der Waals surface area contributed by atoms with Gasteiger partial charge in [-0.3, -0.25) is 0 Å². The first-order chi connectivity index (χ1) is 10.0. The topological polar surface area (TPSA) is 53.5 Å². The minimum atomic E-state index is -3.04. The van der Waals surface area contributed by atoms with E-state index < -0.39 is 10.0 Å². The maximum atomic E-state index is 11.6. The molecule has 2 saturated heterocycles. The van der Waals surface area contributed by atoms with E-state index in [1.807, 2.05) is 0 Å². The van der Waals surface area contributed by atoms with Crippen LogP contribution in [0.5, 0.6) is 0 Å². The largest absolute Gasteiger partial charge is 0.357 e. The first-order valence-electron chi connectivity index (χ1n) is 7.68. The molecular weight excluding hydrogens is 286 g/mol. The molecule has 2 fully saturated rings. The van der Waals surface area contributed by atoms with Crippen LogP contribution >= 0.6 is 0 Å². The Morgan fingerprint density at radius 2 is 2.00 bits per heavy atom. The van der Waals surface area contributed by atoms with Crippen molar-refractivity contribution < 1.29 is 8.42 Å². The third kappa shape index (κ3) is 3.55. The second kappa shape index (κ2) is 5.93. The standard InChI is InChI=1S/C15H23N3O2S/c1-21(19,20)18-10-7-13(12-18)11-14-5-4-6-15(16-14)17-8-2-3-9-17/h4-6,13H,2-3,7-12H2,1H3. The predicted octanol–water partition coefficient (Wildman–Crippen LogP) is 1.51. The van der Waals surface area contributed by atoms with E-state index in [0.717, 1.165) is 37.4 Å². The average molecular weight is 309 g/mol. The highest BCUT2D eigenvalue weighted by Crippen LogP contribution is 2.24. The van der Waals surface area contributed by atoms with Crippen LogP contribution in [0, 0.1) is 5.92 Å². The number of pyridine rings is 1. The Kier molecular flexibility index (Phi) is 4.17. The monoisotopic (exact) mass is 309 g/mol. The molecule has 2 aliphatic heterocycles. The van der Waals surface area contributed by atoms with Gasteiger partial charge in [-0.05, 0) is 43.7 Å². The van der Waals surface area contributed by atoms with Gasteiger partial charge >= 0.3 is 0 Å². The number of hydrogen-bond donors (Lipinski definition) is 0. The van der Waals surface area contributed by atoms with E-state index in [1.165, 1.54) is 19.1 Å². The molecule has 6 heteroatoms. The number of anilines is 1. The number of aromatic nitrogens is 1. The van der Waals surface area contributed by atoms with E-state index in [-0.39, 0.29) is 0 Å². The molecule has 0 saturated carbocycles. The van der Waals surface area contributed by atoms with Crippen molar-refractivity contribution in [2.75, 3.05) is 37.3 Å². The molecule has 0 aromatic carbocycles. The minimum absolute atomic E-state index is 0.390. The molecule has 0 bridgehead atoms. The Bertz CT molecular complexity index is 597. The summed E-state index contributed by atoms with van der Waals surface area (Å²) < 4.78 is 24.7. The normalized spacial score (nSPS) is 23.9. The predicted molar refractivity (Wildman–Crippen MR) is 83.9 cm³/mol. The van der Waals surface area contributed by atoms with Crippen LogP contribution in [-0.4, -0.2) is 50.1 Å². The highest BCUT2D eigenvalue weighted by atomic mass is 32.2. The van der Waals surface area contributed by atoms with Crippen LogP contribution in [0.2, 0.25) is 0 Å². The first-order valence-corrected chi connectivity index (χ1v) is 9.53. The lowest BCUT2D eigenvalue weighted by Crippen LogP contribution is -2.27. The van der Waals surface area contributed by atoms with Crippen LogP contribution in [0.4, 0.5) is 5.82 Å². The van der Waals surface area contributed by atoms with Crippen LogP contribution in [-0.2, 0) is 16.4 Å². The second-order valence-corrected chi connectivity index (χ2v) is 8.14. The third-order valence-corrected chi connectivity index (χ3v) is 5.71. The zero-order valence-corrected chi connectivity index (χ0v) is 13.3. The van der Waals surface area contributed by atoms with Crippen molar-refractivity contribution in [2.45, 2.75) is 25.7 Å². The van der Waals surface area contributed by atoms with Crippen molar-refractivity contribution >= 4 is 15.8 Å². The van der Waals surface area contributed by atoms with Gasteiger partial charge in [-0.2, -0.15) is 0 Å². The van der Waals surface area contributed by atoms with E-state index in [1.54, 1.807) is 4.31 Å². The summed E-state index contributed by atoms with van der Waals surface area (Å²) in [7, 11) is -3.04. The van der Waals surface area contributed by atoms with Crippen molar-refractivity contribution in [3.8, 4) is 0 Å². The van der Waals surface area contributed by atoms with Gasteiger partial charge in [0.15, 0.2) is 0 Å². The van der Waals surface area contributed by atoms with Gasteiger partial charge in [0, 0.05) is 31.9 Å². The van der Waals surface area contributed by atoms with Crippen molar-refractivity contribution in [2.24, 2.45) is 5.92 Å². The maximum absolute atomic E-state index is 11.6. The summed E-state index contributed by atoms with van der Waals surface area (Å²) in [6.45, 7) is 3.48. The Hall–Kier alpha value is -1.14. The minimum Gasteiger partial charge on any atom is -0.357 e. The van der Waals surface area contributed by atoms with E-state index in [4.69, 9.17) is 4.98 Å². The molecule has 0 N–H and O–H groups in total.